The lowest BCUT2D eigenvalue weighted by atomic mass is 9.92. The number of fused-ring (bicyclic) bond motifs is 1. The molecule has 0 spiro atoms. The van der Waals surface area contributed by atoms with Gasteiger partial charge >= 0.3 is 0 Å². The fourth-order valence-electron chi connectivity index (χ4n) is 2.81. The Hall–Kier alpha value is -1.73. The molecule has 3 N–H and O–H groups in total. The molecule has 2 atom stereocenters. The molecule has 1 aliphatic carbocycles. The third kappa shape index (κ3) is 2.58. The Balaban J connectivity index is 1.90. The molecule has 2 aromatic rings. The number of aliphatic hydroxyl groups is 1. The van der Waals surface area contributed by atoms with Gasteiger partial charge in [-0.3, -0.25) is 9.59 Å². The number of carbonyl (C=O) groups is 1. The van der Waals surface area contributed by atoms with E-state index in [1.165, 1.54) is 17.7 Å². The van der Waals surface area contributed by atoms with Gasteiger partial charge in [0, 0.05) is 0 Å². The Morgan fingerprint density at radius 3 is 2.95 bits per heavy atom. The molecule has 7 heteroatoms. The van der Waals surface area contributed by atoms with E-state index in [0.29, 0.717) is 20.7 Å². The summed E-state index contributed by atoms with van der Waals surface area (Å²) in [6.07, 6.45) is 4.36. The van der Waals surface area contributed by atoms with Crippen LogP contribution in [0.4, 0.5) is 0 Å². The van der Waals surface area contributed by atoms with Crippen molar-refractivity contribution in [2.24, 2.45) is 0 Å². The molecular formula is C14H17N3O3S. The number of aromatic amines is 1. The third-order valence-electron chi connectivity index (χ3n) is 3.98. The van der Waals surface area contributed by atoms with Crippen LogP contribution in [-0.2, 0) is 0 Å². The summed E-state index contributed by atoms with van der Waals surface area (Å²) in [5.41, 5.74) is 0.414. The van der Waals surface area contributed by atoms with Gasteiger partial charge in [0.2, 0.25) is 0 Å². The largest absolute Gasteiger partial charge is 0.391 e. The average Bonchev–Trinajstić information content (AvgIpc) is 2.80. The Kier molecular flexibility index (Phi) is 3.77. The first-order valence-corrected chi connectivity index (χ1v) is 7.85. The molecule has 1 fully saturated rings. The van der Waals surface area contributed by atoms with E-state index in [-0.39, 0.29) is 17.5 Å². The normalized spacial score (nSPS) is 22.4. The molecule has 0 unspecified atom stereocenters. The van der Waals surface area contributed by atoms with Crippen molar-refractivity contribution >= 4 is 27.5 Å². The third-order valence-corrected chi connectivity index (χ3v) is 5.18. The number of nitrogens with zero attached hydrogens (tertiary/aromatic N) is 1. The van der Waals surface area contributed by atoms with Gasteiger partial charge in [-0.1, -0.05) is 12.8 Å². The summed E-state index contributed by atoms with van der Waals surface area (Å²) < 4.78 is 0. The van der Waals surface area contributed by atoms with E-state index in [1.54, 1.807) is 6.92 Å². The smallest absolute Gasteiger partial charge is 0.262 e. The number of nitrogens with one attached hydrogen (secondary N) is 2. The fraction of sp³-hybridized carbons (Fsp3) is 0.500. The van der Waals surface area contributed by atoms with Crippen molar-refractivity contribution in [3.05, 3.63) is 27.1 Å². The van der Waals surface area contributed by atoms with Crippen molar-refractivity contribution in [2.45, 2.75) is 44.8 Å². The number of hydrogen-bond donors (Lipinski definition) is 3. The van der Waals surface area contributed by atoms with Gasteiger partial charge in [-0.05, 0) is 25.3 Å². The van der Waals surface area contributed by atoms with Crippen molar-refractivity contribution in [1.82, 2.24) is 15.3 Å². The maximum atomic E-state index is 12.4. The zero-order valence-electron chi connectivity index (χ0n) is 11.7. The van der Waals surface area contributed by atoms with Crippen molar-refractivity contribution in [3.8, 4) is 0 Å². The number of hydrogen-bond acceptors (Lipinski definition) is 5. The molecule has 0 bridgehead atoms. The van der Waals surface area contributed by atoms with E-state index in [2.05, 4.69) is 15.3 Å². The molecule has 21 heavy (non-hydrogen) atoms. The van der Waals surface area contributed by atoms with Crippen LogP contribution in [0.25, 0.3) is 10.2 Å². The van der Waals surface area contributed by atoms with Gasteiger partial charge in [0.25, 0.3) is 11.5 Å². The zero-order chi connectivity index (χ0) is 15.0. The fourth-order valence-corrected chi connectivity index (χ4v) is 3.86. The van der Waals surface area contributed by atoms with Crippen molar-refractivity contribution < 1.29 is 9.90 Å². The number of rotatable bonds is 2. The zero-order valence-corrected chi connectivity index (χ0v) is 12.5. The van der Waals surface area contributed by atoms with Gasteiger partial charge < -0.3 is 15.4 Å². The number of thiophene rings is 1. The molecular weight excluding hydrogens is 290 g/mol. The molecule has 0 aliphatic heterocycles. The minimum atomic E-state index is -0.487. The molecule has 0 aromatic carbocycles. The summed E-state index contributed by atoms with van der Waals surface area (Å²) in [7, 11) is 0. The van der Waals surface area contributed by atoms with Crippen LogP contribution in [0.5, 0.6) is 0 Å². The predicted molar refractivity (Wildman–Crippen MR) is 80.7 cm³/mol. The second-order valence-electron chi connectivity index (χ2n) is 5.40. The highest BCUT2D eigenvalue weighted by molar-refractivity contribution is 7.20. The van der Waals surface area contributed by atoms with Crippen LogP contribution in [0.2, 0.25) is 0 Å². The first-order valence-electron chi connectivity index (χ1n) is 7.03. The molecule has 1 saturated carbocycles. The van der Waals surface area contributed by atoms with Gasteiger partial charge in [-0.25, -0.2) is 4.98 Å². The van der Waals surface area contributed by atoms with Crippen LogP contribution in [-0.4, -0.2) is 33.1 Å². The van der Waals surface area contributed by atoms with Gasteiger partial charge in [-0.2, -0.15) is 0 Å². The lowest BCUT2D eigenvalue weighted by Crippen LogP contribution is -2.45. The number of H-pyrrole nitrogens is 1. The summed E-state index contributed by atoms with van der Waals surface area (Å²) in [6.45, 7) is 1.75. The van der Waals surface area contributed by atoms with E-state index < -0.39 is 6.10 Å². The summed E-state index contributed by atoms with van der Waals surface area (Å²) in [5, 5.41) is 13.3. The van der Waals surface area contributed by atoms with Crippen LogP contribution in [0.3, 0.4) is 0 Å². The molecule has 0 radical (unpaired) electrons. The Labute approximate surface area is 125 Å². The summed E-state index contributed by atoms with van der Waals surface area (Å²) >= 11 is 1.21. The van der Waals surface area contributed by atoms with Crippen LogP contribution in [0.15, 0.2) is 11.1 Å². The van der Waals surface area contributed by atoms with Crippen LogP contribution in [0.1, 0.15) is 40.9 Å². The number of aryl methyl sites for hydroxylation is 1. The summed E-state index contributed by atoms with van der Waals surface area (Å²) in [5.74, 6) is -0.235. The highest BCUT2D eigenvalue weighted by Gasteiger charge is 2.26. The second kappa shape index (κ2) is 5.57. The molecule has 3 rings (SSSR count). The molecule has 2 heterocycles. The van der Waals surface area contributed by atoms with E-state index >= 15 is 0 Å². The number of amides is 1. The van der Waals surface area contributed by atoms with Gasteiger partial charge in [0.15, 0.2) is 0 Å². The number of carbonyl (C=O) groups excluding carboxylic acids is 1. The van der Waals surface area contributed by atoms with E-state index in [0.717, 1.165) is 25.7 Å². The molecule has 6 nitrogen and oxygen atoms in total. The quantitative estimate of drug-likeness (QED) is 0.780. The average molecular weight is 307 g/mol. The predicted octanol–water partition coefficient (Wildman–Crippen LogP) is 1.33. The van der Waals surface area contributed by atoms with Crippen molar-refractivity contribution in [1.29, 1.82) is 0 Å². The summed E-state index contributed by atoms with van der Waals surface area (Å²) in [4.78, 5) is 31.9. The molecule has 0 saturated heterocycles. The van der Waals surface area contributed by atoms with Crippen LogP contribution in [0, 0.1) is 6.92 Å². The van der Waals surface area contributed by atoms with E-state index in [9.17, 15) is 14.7 Å². The minimum absolute atomic E-state index is 0.206. The molecule has 112 valence electrons. The van der Waals surface area contributed by atoms with Crippen LogP contribution >= 0.6 is 11.3 Å². The minimum Gasteiger partial charge on any atom is -0.391 e. The van der Waals surface area contributed by atoms with Crippen molar-refractivity contribution in [2.75, 3.05) is 0 Å². The maximum absolute atomic E-state index is 12.4. The first-order chi connectivity index (χ1) is 10.1. The number of aromatic nitrogens is 2. The van der Waals surface area contributed by atoms with Gasteiger partial charge in [0.1, 0.15) is 4.83 Å². The monoisotopic (exact) mass is 307 g/mol. The van der Waals surface area contributed by atoms with Crippen LogP contribution < -0.4 is 10.9 Å². The molecule has 1 aliphatic rings. The van der Waals surface area contributed by atoms with Crippen molar-refractivity contribution in [3.63, 3.8) is 0 Å². The Morgan fingerprint density at radius 1 is 1.48 bits per heavy atom. The lowest BCUT2D eigenvalue weighted by Gasteiger charge is -2.28. The highest BCUT2D eigenvalue weighted by atomic mass is 32.1. The van der Waals surface area contributed by atoms with E-state index in [1.807, 2.05) is 0 Å². The van der Waals surface area contributed by atoms with Gasteiger partial charge in [0.05, 0.1) is 28.7 Å². The standard InChI is InChI=1S/C14H17N3O3S/c1-7-10-12(19)15-6-16-14(10)21-11(7)13(20)17-8-4-2-3-5-9(8)18/h6,8-9,18H,2-5H2,1H3,(H,17,20)(H,15,16,19)/t8-,9-/m1/s1. The second-order valence-corrected chi connectivity index (χ2v) is 6.40. The van der Waals surface area contributed by atoms with Gasteiger partial charge in [-0.15, -0.1) is 11.3 Å². The molecule has 2 aromatic heterocycles. The first kappa shape index (κ1) is 14.2. The Morgan fingerprint density at radius 2 is 2.24 bits per heavy atom. The van der Waals surface area contributed by atoms with E-state index in [4.69, 9.17) is 0 Å². The lowest BCUT2D eigenvalue weighted by molar-refractivity contribution is 0.0720. The number of aliphatic hydroxyl groups excluding tert-OH is 1. The Bertz CT molecular complexity index is 737. The SMILES string of the molecule is Cc1c(C(=O)N[C@@H]2CCCC[C@H]2O)sc2nc[nH]c(=O)c12. The molecule has 1 amide bonds. The highest BCUT2D eigenvalue weighted by Crippen LogP contribution is 2.27. The maximum Gasteiger partial charge on any atom is 0.262 e. The topological polar surface area (TPSA) is 95.1 Å². The summed E-state index contributed by atoms with van der Waals surface area (Å²) in [6, 6.07) is -0.206.